The van der Waals surface area contributed by atoms with Gasteiger partial charge in [-0.25, -0.2) is 0 Å². The molecule has 0 radical (unpaired) electrons. The van der Waals surface area contributed by atoms with E-state index in [1.165, 1.54) is 11.1 Å². The molecular formula is C13H18N2O2. The van der Waals surface area contributed by atoms with Crippen LogP contribution in [-0.2, 0) is 13.0 Å². The van der Waals surface area contributed by atoms with Crippen LogP contribution in [0.1, 0.15) is 28.4 Å². The van der Waals surface area contributed by atoms with E-state index in [1.54, 1.807) is 6.92 Å². The van der Waals surface area contributed by atoms with E-state index in [1.807, 2.05) is 18.2 Å². The molecule has 0 saturated carbocycles. The summed E-state index contributed by atoms with van der Waals surface area (Å²) in [6.45, 7) is 3.56. The minimum Gasteiger partial charge on any atom is -0.394 e. The molecule has 17 heavy (non-hydrogen) atoms. The molecule has 0 saturated heterocycles. The number of hydrogen-bond donors (Lipinski definition) is 3. The van der Waals surface area contributed by atoms with Gasteiger partial charge in [-0.05, 0) is 43.1 Å². The van der Waals surface area contributed by atoms with Gasteiger partial charge in [0.15, 0.2) is 0 Å². The van der Waals surface area contributed by atoms with Crippen molar-refractivity contribution in [3.63, 3.8) is 0 Å². The number of aliphatic hydroxyl groups excluding tert-OH is 1. The summed E-state index contributed by atoms with van der Waals surface area (Å²) < 4.78 is 0. The number of rotatable bonds is 3. The van der Waals surface area contributed by atoms with Crippen LogP contribution in [0.2, 0.25) is 0 Å². The number of nitrogens with one attached hydrogen (secondary N) is 2. The molecule has 0 spiro atoms. The molecule has 1 heterocycles. The molecule has 4 heteroatoms. The van der Waals surface area contributed by atoms with E-state index in [0.717, 1.165) is 19.5 Å². The van der Waals surface area contributed by atoms with Gasteiger partial charge >= 0.3 is 0 Å². The molecule has 0 bridgehead atoms. The normalized spacial score (nSPS) is 16.1. The summed E-state index contributed by atoms with van der Waals surface area (Å²) in [6.07, 6.45) is 1.02. The maximum atomic E-state index is 11.9. The molecule has 1 aromatic rings. The monoisotopic (exact) mass is 234 g/mol. The second-order valence-corrected chi connectivity index (χ2v) is 4.47. The van der Waals surface area contributed by atoms with Gasteiger partial charge in [0, 0.05) is 18.2 Å². The lowest BCUT2D eigenvalue weighted by Gasteiger charge is -2.18. The minimum absolute atomic E-state index is 0.0434. The Bertz CT molecular complexity index is 418. The van der Waals surface area contributed by atoms with Gasteiger partial charge in [0.05, 0.1) is 6.61 Å². The summed E-state index contributed by atoms with van der Waals surface area (Å²) >= 11 is 0. The lowest BCUT2D eigenvalue weighted by Crippen LogP contribution is -2.35. The van der Waals surface area contributed by atoms with Crippen LogP contribution in [0.3, 0.4) is 0 Å². The van der Waals surface area contributed by atoms with Crippen LogP contribution in [0.4, 0.5) is 0 Å². The van der Waals surface area contributed by atoms with Gasteiger partial charge in [-0.1, -0.05) is 6.07 Å². The zero-order valence-corrected chi connectivity index (χ0v) is 9.99. The molecule has 2 rings (SSSR count). The third-order valence-electron chi connectivity index (χ3n) is 3.01. The molecule has 0 aromatic heterocycles. The van der Waals surface area contributed by atoms with Gasteiger partial charge in [-0.15, -0.1) is 0 Å². The third-order valence-corrected chi connectivity index (χ3v) is 3.01. The van der Waals surface area contributed by atoms with Gasteiger partial charge in [0.25, 0.3) is 5.91 Å². The maximum absolute atomic E-state index is 11.9. The Kier molecular flexibility index (Phi) is 3.76. The lowest BCUT2D eigenvalue weighted by molar-refractivity contribution is 0.0922. The summed E-state index contributed by atoms with van der Waals surface area (Å²) in [5.74, 6) is -0.125. The fourth-order valence-corrected chi connectivity index (χ4v) is 1.97. The fourth-order valence-electron chi connectivity index (χ4n) is 1.97. The fraction of sp³-hybridized carbons (Fsp3) is 0.462. The molecular weight excluding hydrogens is 216 g/mol. The van der Waals surface area contributed by atoms with Gasteiger partial charge in [-0.2, -0.15) is 0 Å². The Morgan fingerprint density at radius 1 is 1.53 bits per heavy atom. The third kappa shape index (κ3) is 2.84. The molecule has 0 unspecified atom stereocenters. The first kappa shape index (κ1) is 12.1. The van der Waals surface area contributed by atoms with Gasteiger partial charge in [0.1, 0.15) is 0 Å². The van der Waals surface area contributed by atoms with Crippen molar-refractivity contribution in [1.29, 1.82) is 0 Å². The molecule has 0 aliphatic carbocycles. The molecule has 1 aliphatic rings. The number of benzene rings is 1. The molecule has 1 aliphatic heterocycles. The SMILES string of the molecule is C[C@@H](CO)NC(=O)c1ccc2c(c1)CNCC2. The number of hydrogen-bond acceptors (Lipinski definition) is 3. The van der Waals surface area contributed by atoms with Crippen LogP contribution in [0.25, 0.3) is 0 Å². The Morgan fingerprint density at radius 3 is 3.12 bits per heavy atom. The molecule has 0 fully saturated rings. The average Bonchev–Trinajstić information content (AvgIpc) is 2.38. The highest BCUT2D eigenvalue weighted by Crippen LogP contribution is 2.15. The highest BCUT2D eigenvalue weighted by molar-refractivity contribution is 5.94. The summed E-state index contributed by atoms with van der Waals surface area (Å²) in [5, 5.41) is 14.9. The predicted octanol–water partition coefficient (Wildman–Crippen LogP) is 0.443. The topological polar surface area (TPSA) is 61.4 Å². The highest BCUT2D eigenvalue weighted by atomic mass is 16.3. The second-order valence-electron chi connectivity index (χ2n) is 4.47. The zero-order chi connectivity index (χ0) is 12.3. The predicted molar refractivity (Wildman–Crippen MR) is 65.9 cm³/mol. The number of carbonyl (C=O) groups is 1. The quantitative estimate of drug-likeness (QED) is 0.711. The van der Waals surface area contributed by atoms with E-state index in [4.69, 9.17) is 5.11 Å². The Hall–Kier alpha value is -1.39. The van der Waals surface area contributed by atoms with E-state index in [0.29, 0.717) is 5.56 Å². The van der Waals surface area contributed by atoms with E-state index < -0.39 is 0 Å². The van der Waals surface area contributed by atoms with Crippen LogP contribution >= 0.6 is 0 Å². The van der Waals surface area contributed by atoms with Crippen molar-refractivity contribution in [1.82, 2.24) is 10.6 Å². The molecule has 1 aromatic carbocycles. The van der Waals surface area contributed by atoms with Crippen molar-refractivity contribution < 1.29 is 9.90 Å². The van der Waals surface area contributed by atoms with Crippen molar-refractivity contribution in [3.8, 4) is 0 Å². The maximum Gasteiger partial charge on any atom is 0.251 e. The smallest absolute Gasteiger partial charge is 0.251 e. The van der Waals surface area contributed by atoms with Crippen LogP contribution in [0, 0.1) is 0 Å². The van der Waals surface area contributed by atoms with Crippen molar-refractivity contribution in [2.24, 2.45) is 0 Å². The highest BCUT2D eigenvalue weighted by Gasteiger charge is 2.13. The molecule has 1 atom stereocenters. The van der Waals surface area contributed by atoms with Gasteiger partial charge in [-0.3, -0.25) is 4.79 Å². The first-order valence-electron chi connectivity index (χ1n) is 5.95. The van der Waals surface area contributed by atoms with Crippen LogP contribution < -0.4 is 10.6 Å². The molecule has 4 nitrogen and oxygen atoms in total. The number of aliphatic hydroxyl groups is 1. The number of fused-ring (bicyclic) bond motifs is 1. The van der Waals surface area contributed by atoms with Crippen molar-refractivity contribution in [2.45, 2.75) is 25.9 Å². The standard InChI is InChI=1S/C13H18N2O2/c1-9(8-16)15-13(17)11-3-2-10-4-5-14-7-12(10)6-11/h2-3,6,9,14,16H,4-5,7-8H2,1H3,(H,15,17)/t9-/m0/s1. The summed E-state index contributed by atoms with van der Waals surface area (Å²) in [7, 11) is 0. The lowest BCUT2D eigenvalue weighted by atomic mass is 9.98. The first-order chi connectivity index (χ1) is 8.20. The molecule has 92 valence electrons. The van der Waals surface area contributed by atoms with Crippen molar-refractivity contribution in [2.75, 3.05) is 13.2 Å². The van der Waals surface area contributed by atoms with E-state index in [-0.39, 0.29) is 18.6 Å². The minimum atomic E-state index is -0.211. The molecule has 3 N–H and O–H groups in total. The van der Waals surface area contributed by atoms with E-state index in [9.17, 15) is 4.79 Å². The van der Waals surface area contributed by atoms with E-state index in [2.05, 4.69) is 10.6 Å². The zero-order valence-electron chi connectivity index (χ0n) is 9.99. The summed E-state index contributed by atoms with van der Waals surface area (Å²) in [4.78, 5) is 11.9. The van der Waals surface area contributed by atoms with E-state index >= 15 is 0 Å². The Balaban J connectivity index is 2.13. The van der Waals surface area contributed by atoms with Crippen LogP contribution in [0.15, 0.2) is 18.2 Å². The second kappa shape index (κ2) is 5.29. The summed E-state index contributed by atoms with van der Waals surface area (Å²) in [5.41, 5.74) is 3.17. The van der Waals surface area contributed by atoms with Crippen LogP contribution in [-0.4, -0.2) is 30.2 Å². The largest absolute Gasteiger partial charge is 0.394 e. The Labute approximate surface area is 101 Å². The van der Waals surface area contributed by atoms with Gasteiger partial charge in [0.2, 0.25) is 0 Å². The first-order valence-corrected chi connectivity index (χ1v) is 5.95. The van der Waals surface area contributed by atoms with Crippen LogP contribution in [0.5, 0.6) is 0 Å². The molecule has 1 amide bonds. The van der Waals surface area contributed by atoms with Crippen molar-refractivity contribution in [3.05, 3.63) is 34.9 Å². The average molecular weight is 234 g/mol. The van der Waals surface area contributed by atoms with Crippen molar-refractivity contribution >= 4 is 5.91 Å². The Morgan fingerprint density at radius 2 is 2.35 bits per heavy atom. The summed E-state index contributed by atoms with van der Waals surface area (Å²) in [6, 6.07) is 5.59. The number of carbonyl (C=O) groups excluding carboxylic acids is 1. The number of amides is 1. The van der Waals surface area contributed by atoms with Gasteiger partial charge < -0.3 is 15.7 Å².